The predicted octanol–water partition coefficient (Wildman–Crippen LogP) is 17.8. The molecule has 0 N–H and O–H groups in total. The lowest BCUT2D eigenvalue weighted by molar-refractivity contribution is -0.167. The molecule has 0 saturated heterocycles. The van der Waals surface area contributed by atoms with Gasteiger partial charge in [-0.2, -0.15) is 0 Å². The van der Waals surface area contributed by atoms with Crippen LogP contribution in [0.15, 0.2) is 97.2 Å². The lowest BCUT2D eigenvalue weighted by Crippen LogP contribution is -2.30. The smallest absolute Gasteiger partial charge is 0.306 e. The Morgan fingerprint density at radius 1 is 0.323 bits per heavy atom. The fourth-order valence-electron chi connectivity index (χ4n) is 7.20. The molecular formula is C59H98O6. The van der Waals surface area contributed by atoms with Gasteiger partial charge in [-0.05, 0) is 83.5 Å². The van der Waals surface area contributed by atoms with E-state index in [1.54, 1.807) is 0 Å². The number of carbonyl (C=O) groups excluding carboxylic acids is 3. The Hall–Kier alpha value is -3.67. The third-order valence-corrected chi connectivity index (χ3v) is 11.2. The van der Waals surface area contributed by atoms with E-state index in [9.17, 15) is 14.4 Å². The summed E-state index contributed by atoms with van der Waals surface area (Å²) in [4.78, 5) is 38.0. The number of esters is 3. The molecule has 1 unspecified atom stereocenters. The molecule has 6 nitrogen and oxygen atoms in total. The van der Waals surface area contributed by atoms with E-state index in [4.69, 9.17) is 14.2 Å². The Labute approximate surface area is 400 Å². The summed E-state index contributed by atoms with van der Waals surface area (Å²) in [5.74, 6) is -0.929. The van der Waals surface area contributed by atoms with Gasteiger partial charge < -0.3 is 14.2 Å². The van der Waals surface area contributed by atoms with Crippen molar-refractivity contribution in [3.8, 4) is 0 Å². The standard InChI is InChI=1S/C59H98O6/c1-4-7-10-13-16-19-22-25-27-28-29-30-32-34-37-40-43-46-49-52-58(61)64-55-56(54-63-57(60)51-48-45-42-39-36-33-24-21-18-15-12-9-6-3)65-59(62)53-50-47-44-41-38-35-31-26-23-20-17-14-11-8-5-2/h8-9,11-12,14-25,56H,4-7,10,13,26-55H2,1-3H3/b11-8+,12-9+,17-14+,18-15+,19-16+,23-20+,24-21+,25-22+. The van der Waals surface area contributed by atoms with Crippen LogP contribution < -0.4 is 0 Å². The molecule has 0 bridgehead atoms. The minimum absolute atomic E-state index is 0.0919. The third kappa shape index (κ3) is 51.2. The van der Waals surface area contributed by atoms with Crippen LogP contribution in [0.2, 0.25) is 0 Å². The van der Waals surface area contributed by atoms with Gasteiger partial charge in [-0.3, -0.25) is 14.4 Å². The first-order valence-corrected chi connectivity index (χ1v) is 26.8. The molecule has 0 fully saturated rings. The largest absolute Gasteiger partial charge is 0.462 e. The molecule has 0 rings (SSSR count). The van der Waals surface area contributed by atoms with Gasteiger partial charge in [-0.25, -0.2) is 0 Å². The van der Waals surface area contributed by atoms with Crippen LogP contribution >= 0.6 is 0 Å². The number of hydrogen-bond donors (Lipinski definition) is 0. The normalized spacial score (nSPS) is 12.8. The van der Waals surface area contributed by atoms with Crippen LogP contribution in [0.1, 0.15) is 239 Å². The molecule has 6 heteroatoms. The summed E-state index contributed by atoms with van der Waals surface area (Å²) in [5.41, 5.74) is 0. The van der Waals surface area contributed by atoms with Gasteiger partial charge in [0.05, 0.1) is 0 Å². The zero-order valence-corrected chi connectivity index (χ0v) is 42.2. The van der Waals surface area contributed by atoms with E-state index in [0.29, 0.717) is 19.3 Å². The van der Waals surface area contributed by atoms with Gasteiger partial charge in [0.25, 0.3) is 0 Å². The van der Waals surface area contributed by atoms with Crippen LogP contribution in [0.25, 0.3) is 0 Å². The molecule has 0 spiro atoms. The molecule has 65 heavy (non-hydrogen) atoms. The fourth-order valence-corrected chi connectivity index (χ4v) is 7.20. The number of unbranched alkanes of at least 4 members (excludes halogenated alkanes) is 25. The zero-order chi connectivity index (χ0) is 47.2. The van der Waals surface area contributed by atoms with Crippen LogP contribution in [-0.4, -0.2) is 37.2 Å². The molecule has 370 valence electrons. The highest BCUT2D eigenvalue weighted by atomic mass is 16.6. The van der Waals surface area contributed by atoms with Crippen molar-refractivity contribution in [1.82, 2.24) is 0 Å². The summed E-state index contributed by atoms with van der Waals surface area (Å²) in [7, 11) is 0. The zero-order valence-electron chi connectivity index (χ0n) is 42.2. The average molecular weight is 903 g/mol. The first-order valence-electron chi connectivity index (χ1n) is 26.8. The quantitative estimate of drug-likeness (QED) is 0.0262. The number of allylic oxidation sites excluding steroid dienone is 16. The second-order valence-corrected chi connectivity index (χ2v) is 17.5. The maximum absolute atomic E-state index is 12.8. The Kier molecular flexibility index (Phi) is 50.0. The summed E-state index contributed by atoms with van der Waals surface area (Å²) in [6, 6.07) is 0. The Morgan fingerprint density at radius 2 is 0.600 bits per heavy atom. The average Bonchev–Trinajstić information content (AvgIpc) is 3.30. The van der Waals surface area contributed by atoms with Crippen LogP contribution in [0.3, 0.4) is 0 Å². The molecule has 1 atom stereocenters. The minimum Gasteiger partial charge on any atom is -0.462 e. The molecule has 0 saturated carbocycles. The number of ether oxygens (including phenoxy) is 3. The second kappa shape index (κ2) is 52.9. The Balaban J connectivity index is 4.40. The highest BCUT2D eigenvalue weighted by Crippen LogP contribution is 2.15. The van der Waals surface area contributed by atoms with Crippen LogP contribution in [0, 0.1) is 0 Å². The van der Waals surface area contributed by atoms with E-state index in [1.807, 2.05) is 0 Å². The van der Waals surface area contributed by atoms with E-state index in [-0.39, 0.29) is 31.1 Å². The number of hydrogen-bond acceptors (Lipinski definition) is 6. The van der Waals surface area contributed by atoms with Gasteiger partial charge in [-0.15, -0.1) is 0 Å². The summed E-state index contributed by atoms with van der Waals surface area (Å²) < 4.78 is 16.8. The van der Waals surface area contributed by atoms with Crippen molar-refractivity contribution in [3.05, 3.63) is 97.2 Å². The molecule has 0 radical (unpaired) electrons. The van der Waals surface area contributed by atoms with Gasteiger partial charge >= 0.3 is 17.9 Å². The van der Waals surface area contributed by atoms with Crippen molar-refractivity contribution in [2.45, 2.75) is 245 Å². The predicted molar refractivity (Wildman–Crippen MR) is 279 cm³/mol. The molecule has 0 aliphatic heterocycles. The topological polar surface area (TPSA) is 78.9 Å². The number of rotatable bonds is 47. The lowest BCUT2D eigenvalue weighted by Gasteiger charge is -2.18. The van der Waals surface area contributed by atoms with Crippen molar-refractivity contribution in [2.24, 2.45) is 0 Å². The molecular weight excluding hydrogens is 805 g/mol. The summed E-state index contributed by atoms with van der Waals surface area (Å²) in [6.07, 6.45) is 69.6. The van der Waals surface area contributed by atoms with Crippen LogP contribution in [0.5, 0.6) is 0 Å². The molecule has 0 aromatic carbocycles. The summed E-state index contributed by atoms with van der Waals surface area (Å²) >= 11 is 0. The van der Waals surface area contributed by atoms with Gasteiger partial charge in [-0.1, -0.05) is 234 Å². The summed E-state index contributed by atoms with van der Waals surface area (Å²) in [6.45, 7) is 6.32. The van der Waals surface area contributed by atoms with E-state index < -0.39 is 6.10 Å². The van der Waals surface area contributed by atoms with Crippen molar-refractivity contribution >= 4 is 17.9 Å². The third-order valence-electron chi connectivity index (χ3n) is 11.2. The maximum atomic E-state index is 12.8. The van der Waals surface area contributed by atoms with Crippen LogP contribution in [0.4, 0.5) is 0 Å². The summed E-state index contributed by atoms with van der Waals surface area (Å²) in [5, 5.41) is 0. The number of carbonyl (C=O) groups is 3. The van der Waals surface area contributed by atoms with E-state index >= 15 is 0 Å². The first kappa shape index (κ1) is 61.3. The van der Waals surface area contributed by atoms with Crippen LogP contribution in [-0.2, 0) is 28.6 Å². The van der Waals surface area contributed by atoms with Crippen molar-refractivity contribution in [2.75, 3.05) is 13.2 Å². The monoisotopic (exact) mass is 903 g/mol. The molecule has 0 aliphatic rings. The first-order chi connectivity index (χ1) is 32.0. The van der Waals surface area contributed by atoms with Crippen molar-refractivity contribution < 1.29 is 28.6 Å². The van der Waals surface area contributed by atoms with E-state index in [1.165, 1.54) is 96.3 Å². The van der Waals surface area contributed by atoms with E-state index in [2.05, 4.69) is 118 Å². The highest BCUT2D eigenvalue weighted by molar-refractivity contribution is 5.71. The fraction of sp³-hybridized carbons (Fsp3) is 0.678. The lowest BCUT2D eigenvalue weighted by atomic mass is 10.1. The second-order valence-electron chi connectivity index (χ2n) is 17.5. The molecule has 0 aliphatic carbocycles. The SMILES string of the molecule is CC/C=C/C=C/C=C/CCCCCCCCCC(=O)OC(COC(=O)CCCCCCC/C=C/C=C/C=C/CC)COC(=O)CCCCCCCCCCCC/C=C/C=C/CCCCC. The van der Waals surface area contributed by atoms with Crippen molar-refractivity contribution in [3.63, 3.8) is 0 Å². The van der Waals surface area contributed by atoms with E-state index in [0.717, 1.165) is 103 Å². The highest BCUT2D eigenvalue weighted by Gasteiger charge is 2.19. The van der Waals surface area contributed by atoms with Gasteiger partial charge in [0.2, 0.25) is 0 Å². The molecule has 0 heterocycles. The van der Waals surface area contributed by atoms with Gasteiger partial charge in [0.1, 0.15) is 13.2 Å². The molecule has 0 amide bonds. The maximum Gasteiger partial charge on any atom is 0.306 e. The Morgan fingerprint density at radius 3 is 0.938 bits per heavy atom. The van der Waals surface area contributed by atoms with Crippen molar-refractivity contribution in [1.29, 1.82) is 0 Å². The van der Waals surface area contributed by atoms with Gasteiger partial charge in [0.15, 0.2) is 6.10 Å². The Bertz CT molecular complexity index is 1310. The van der Waals surface area contributed by atoms with Gasteiger partial charge in [0, 0.05) is 19.3 Å². The molecule has 0 aromatic heterocycles. The minimum atomic E-state index is -0.794. The molecule has 0 aromatic rings.